The summed E-state index contributed by atoms with van der Waals surface area (Å²) < 4.78 is 0.874. The Balaban J connectivity index is 2.01. The second-order valence-corrected chi connectivity index (χ2v) is 6.31. The van der Waals surface area contributed by atoms with Gasteiger partial charge in [-0.1, -0.05) is 41.8 Å². The van der Waals surface area contributed by atoms with Crippen LogP contribution in [0.1, 0.15) is 46.9 Å². The highest BCUT2D eigenvalue weighted by molar-refractivity contribution is 9.10. The molecule has 0 spiro atoms. The van der Waals surface area contributed by atoms with E-state index in [1.165, 1.54) is 12.4 Å². The molecule has 126 valence electrons. The molecule has 2 rings (SSSR count). The topological polar surface area (TPSA) is 71.1 Å². The Bertz CT molecular complexity index is 719. The predicted molar refractivity (Wildman–Crippen MR) is 98.2 cm³/mol. The fourth-order valence-corrected chi connectivity index (χ4v) is 2.54. The molecule has 0 aliphatic carbocycles. The molecule has 24 heavy (non-hydrogen) atoms. The largest absolute Gasteiger partial charge is 0.352 e. The Morgan fingerprint density at radius 2 is 1.83 bits per heavy atom. The first kappa shape index (κ1) is 18.1. The molecule has 1 aromatic heterocycles. The van der Waals surface area contributed by atoms with Gasteiger partial charge in [0.2, 0.25) is 0 Å². The molecule has 2 amide bonds. The fourth-order valence-electron chi connectivity index (χ4n) is 2.14. The zero-order valence-electron chi connectivity index (χ0n) is 13.5. The number of pyridine rings is 1. The lowest BCUT2D eigenvalue weighted by atomic mass is 10.1. The van der Waals surface area contributed by atoms with Crippen molar-refractivity contribution in [3.8, 4) is 0 Å². The number of hydrogen-bond donors (Lipinski definition) is 2. The number of amides is 2. The van der Waals surface area contributed by atoms with Crippen molar-refractivity contribution in [2.75, 3.05) is 11.9 Å². The molecule has 6 heteroatoms. The van der Waals surface area contributed by atoms with Gasteiger partial charge < -0.3 is 10.6 Å². The zero-order valence-corrected chi connectivity index (χ0v) is 15.1. The molecule has 0 aliphatic rings. The van der Waals surface area contributed by atoms with Crippen molar-refractivity contribution in [3.05, 3.63) is 58.3 Å². The quantitative estimate of drug-likeness (QED) is 0.702. The third-order valence-corrected chi connectivity index (χ3v) is 3.90. The van der Waals surface area contributed by atoms with Crippen LogP contribution in [0.25, 0.3) is 0 Å². The second kappa shape index (κ2) is 9.17. The number of rotatable bonds is 7. The number of unbranched alkanes of at least 4 members (excludes halogenated alkanes) is 2. The molecular formula is C18H20BrN3O2. The van der Waals surface area contributed by atoms with Crippen LogP contribution in [0.4, 0.5) is 5.69 Å². The molecule has 0 unspecified atom stereocenters. The molecule has 0 radical (unpaired) electrons. The van der Waals surface area contributed by atoms with E-state index in [4.69, 9.17) is 0 Å². The maximum atomic E-state index is 12.3. The molecule has 0 fully saturated rings. The number of aromatic nitrogens is 1. The van der Waals surface area contributed by atoms with Gasteiger partial charge in [0.05, 0.1) is 11.1 Å². The number of carbonyl (C=O) groups excluding carboxylic acids is 2. The van der Waals surface area contributed by atoms with Gasteiger partial charge in [-0.3, -0.25) is 14.6 Å². The van der Waals surface area contributed by atoms with Gasteiger partial charge in [-0.25, -0.2) is 0 Å². The van der Waals surface area contributed by atoms with Crippen LogP contribution in [0.3, 0.4) is 0 Å². The van der Waals surface area contributed by atoms with Crippen LogP contribution in [-0.2, 0) is 0 Å². The van der Waals surface area contributed by atoms with Gasteiger partial charge >= 0.3 is 0 Å². The summed E-state index contributed by atoms with van der Waals surface area (Å²) in [4.78, 5) is 28.4. The number of anilines is 1. The Labute approximate surface area is 150 Å². The predicted octanol–water partition coefficient (Wildman–Crippen LogP) is 4.02. The van der Waals surface area contributed by atoms with Gasteiger partial charge in [0, 0.05) is 29.1 Å². The summed E-state index contributed by atoms with van der Waals surface area (Å²) in [6.07, 6.45) is 6.03. The lowest BCUT2D eigenvalue weighted by Crippen LogP contribution is -2.25. The van der Waals surface area contributed by atoms with E-state index >= 15 is 0 Å². The van der Waals surface area contributed by atoms with Crippen molar-refractivity contribution in [2.45, 2.75) is 26.2 Å². The molecule has 0 saturated carbocycles. The van der Waals surface area contributed by atoms with E-state index in [0.29, 0.717) is 23.4 Å². The first-order chi connectivity index (χ1) is 11.6. The van der Waals surface area contributed by atoms with E-state index < -0.39 is 0 Å². The van der Waals surface area contributed by atoms with Gasteiger partial charge in [-0.2, -0.15) is 0 Å². The van der Waals surface area contributed by atoms with Crippen LogP contribution in [0.2, 0.25) is 0 Å². The van der Waals surface area contributed by atoms with Crippen molar-refractivity contribution in [1.29, 1.82) is 0 Å². The van der Waals surface area contributed by atoms with Crippen molar-refractivity contribution < 1.29 is 9.59 Å². The van der Waals surface area contributed by atoms with E-state index in [9.17, 15) is 9.59 Å². The monoisotopic (exact) mass is 389 g/mol. The van der Waals surface area contributed by atoms with Crippen molar-refractivity contribution in [2.24, 2.45) is 0 Å². The molecule has 0 atom stereocenters. The number of nitrogens with one attached hydrogen (secondary N) is 2. The zero-order chi connectivity index (χ0) is 17.4. The van der Waals surface area contributed by atoms with Gasteiger partial charge in [-0.15, -0.1) is 0 Å². The lowest BCUT2D eigenvalue weighted by molar-refractivity contribution is 0.0952. The number of halogens is 1. The molecule has 0 saturated heterocycles. The Hall–Kier alpha value is -2.21. The van der Waals surface area contributed by atoms with Crippen molar-refractivity contribution in [3.63, 3.8) is 0 Å². The highest BCUT2D eigenvalue weighted by atomic mass is 79.9. The first-order valence-corrected chi connectivity index (χ1v) is 8.69. The third kappa shape index (κ3) is 5.45. The van der Waals surface area contributed by atoms with E-state index in [-0.39, 0.29) is 11.8 Å². The van der Waals surface area contributed by atoms with E-state index in [1.54, 1.807) is 18.2 Å². The number of hydrogen-bond acceptors (Lipinski definition) is 3. The van der Waals surface area contributed by atoms with Gasteiger partial charge in [0.15, 0.2) is 0 Å². The molecule has 2 aromatic rings. The normalized spacial score (nSPS) is 10.2. The Morgan fingerprint density at radius 1 is 1.08 bits per heavy atom. The van der Waals surface area contributed by atoms with Crippen molar-refractivity contribution >= 4 is 33.4 Å². The van der Waals surface area contributed by atoms with Crippen LogP contribution in [0.5, 0.6) is 0 Å². The van der Waals surface area contributed by atoms with Crippen LogP contribution in [0, 0.1) is 0 Å². The van der Waals surface area contributed by atoms with Crippen LogP contribution in [0.15, 0.2) is 47.2 Å². The minimum Gasteiger partial charge on any atom is -0.352 e. The summed E-state index contributed by atoms with van der Waals surface area (Å²) in [5.74, 6) is -0.517. The standard InChI is InChI=1S/C18H20BrN3O2/c1-2-3-4-8-21-17(23)13-9-14(12-20-11-13)18(24)22-16-7-5-6-15(19)10-16/h5-7,9-12H,2-4,8H2,1H3,(H,21,23)(H,22,24). The van der Waals surface area contributed by atoms with E-state index in [0.717, 1.165) is 23.7 Å². The molecule has 0 aliphatic heterocycles. The molecule has 0 bridgehead atoms. The summed E-state index contributed by atoms with van der Waals surface area (Å²) in [7, 11) is 0. The minimum atomic E-state index is -0.304. The molecule has 1 heterocycles. The molecular weight excluding hydrogens is 370 g/mol. The number of nitrogens with zero attached hydrogens (tertiary/aromatic N) is 1. The summed E-state index contributed by atoms with van der Waals surface area (Å²) in [6.45, 7) is 2.74. The van der Waals surface area contributed by atoms with Crippen LogP contribution in [-0.4, -0.2) is 23.3 Å². The van der Waals surface area contributed by atoms with E-state index in [2.05, 4.69) is 38.5 Å². The molecule has 5 nitrogen and oxygen atoms in total. The summed E-state index contributed by atoms with van der Waals surface area (Å²) in [5.41, 5.74) is 1.40. The smallest absolute Gasteiger partial charge is 0.257 e. The summed E-state index contributed by atoms with van der Waals surface area (Å²) in [5, 5.41) is 5.62. The minimum absolute atomic E-state index is 0.212. The van der Waals surface area contributed by atoms with Crippen LogP contribution >= 0.6 is 15.9 Å². The lowest BCUT2D eigenvalue weighted by Gasteiger charge is -2.08. The fraction of sp³-hybridized carbons (Fsp3) is 0.278. The van der Waals surface area contributed by atoms with Crippen LogP contribution < -0.4 is 10.6 Å². The highest BCUT2D eigenvalue weighted by Crippen LogP contribution is 2.16. The summed E-state index contributed by atoms with van der Waals surface area (Å²) in [6, 6.07) is 8.85. The molecule has 1 aromatic carbocycles. The van der Waals surface area contributed by atoms with Gasteiger partial charge in [0.25, 0.3) is 11.8 Å². The Kier molecular flexibility index (Phi) is 6.93. The van der Waals surface area contributed by atoms with Gasteiger partial charge in [0.1, 0.15) is 0 Å². The molecule has 2 N–H and O–H groups in total. The summed E-state index contributed by atoms with van der Waals surface area (Å²) >= 11 is 3.36. The average molecular weight is 390 g/mol. The maximum absolute atomic E-state index is 12.3. The average Bonchev–Trinajstić information content (AvgIpc) is 2.58. The maximum Gasteiger partial charge on any atom is 0.257 e. The third-order valence-electron chi connectivity index (χ3n) is 3.41. The van der Waals surface area contributed by atoms with Crippen molar-refractivity contribution in [1.82, 2.24) is 10.3 Å². The number of carbonyl (C=O) groups is 2. The Morgan fingerprint density at radius 3 is 2.54 bits per heavy atom. The first-order valence-electron chi connectivity index (χ1n) is 7.90. The number of benzene rings is 1. The SMILES string of the molecule is CCCCCNC(=O)c1cncc(C(=O)Nc2cccc(Br)c2)c1. The van der Waals surface area contributed by atoms with Gasteiger partial charge in [-0.05, 0) is 30.7 Å². The highest BCUT2D eigenvalue weighted by Gasteiger charge is 2.11. The van der Waals surface area contributed by atoms with E-state index in [1.807, 2.05) is 12.1 Å². The second-order valence-electron chi connectivity index (χ2n) is 5.39.